The van der Waals surface area contributed by atoms with Crippen LogP contribution in [0.1, 0.15) is 15.9 Å². The molecule has 0 saturated carbocycles. The van der Waals surface area contributed by atoms with Crippen molar-refractivity contribution in [3.05, 3.63) is 53.7 Å². The quantitative estimate of drug-likeness (QED) is 0.868. The molecule has 18 heavy (non-hydrogen) atoms. The summed E-state index contributed by atoms with van der Waals surface area (Å²) >= 11 is 0. The van der Waals surface area contributed by atoms with Gasteiger partial charge in [0.1, 0.15) is 5.82 Å². The first-order chi connectivity index (χ1) is 8.70. The van der Waals surface area contributed by atoms with Crippen molar-refractivity contribution in [2.24, 2.45) is 0 Å². The highest BCUT2D eigenvalue weighted by molar-refractivity contribution is 6.07. The van der Waals surface area contributed by atoms with Crippen molar-refractivity contribution in [3.63, 3.8) is 0 Å². The molecule has 2 aromatic rings. The molecule has 0 aliphatic heterocycles. The van der Waals surface area contributed by atoms with Crippen molar-refractivity contribution < 1.29 is 4.79 Å². The molecular weight excluding hydrogens is 226 g/mol. The van der Waals surface area contributed by atoms with Crippen molar-refractivity contribution in [2.75, 3.05) is 17.7 Å². The lowest BCUT2D eigenvalue weighted by molar-refractivity contribution is 0.102. The average Bonchev–Trinajstić information content (AvgIpc) is 2.38. The number of rotatable bonds is 3. The third kappa shape index (κ3) is 2.66. The van der Waals surface area contributed by atoms with Crippen molar-refractivity contribution in [2.45, 2.75) is 6.92 Å². The fourth-order valence-corrected chi connectivity index (χ4v) is 1.69. The molecule has 2 rings (SSSR count). The first kappa shape index (κ1) is 12.1. The van der Waals surface area contributed by atoms with Crippen LogP contribution >= 0.6 is 0 Å². The van der Waals surface area contributed by atoms with E-state index in [9.17, 15) is 4.79 Å². The molecular formula is C14H15N3O. The molecule has 1 aromatic heterocycles. The Morgan fingerprint density at radius 1 is 1.22 bits per heavy atom. The number of nitrogens with zero attached hydrogens (tertiary/aromatic N) is 1. The second kappa shape index (κ2) is 5.31. The van der Waals surface area contributed by atoms with Crippen LogP contribution in [0, 0.1) is 6.92 Å². The molecule has 0 saturated heterocycles. The van der Waals surface area contributed by atoms with Crippen LogP contribution in [0.15, 0.2) is 42.6 Å². The number of amides is 1. The topological polar surface area (TPSA) is 54.0 Å². The lowest BCUT2D eigenvalue weighted by Crippen LogP contribution is -2.14. The summed E-state index contributed by atoms with van der Waals surface area (Å²) in [7, 11) is 1.79. The number of nitrogens with one attached hydrogen (secondary N) is 2. The third-order valence-corrected chi connectivity index (χ3v) is 2.60. The van der Waals surface area contributed by atoms with Gasteiger partial charge in [0.2, 0.25) is 0 Å². The van der Waals surface area contributed by atoms with Crippen LogP contribution < -0.4 is 10.6 Å². The van der Waals surface area contributed by atoms with Gasteiger partial charge in [-0.05, 0) is 36.8 Å². The third-order valence-electron chi connectivity index (χ3n) is 2.60. The van der Waals surface area contributed by atoms with Crippen LogP contribution in [0.3, 0.4) is 0 Å². The van der Waals surface area contributed by atoms with E-state index >= 15 is 0 Å². The molecule has 0 bridgehead atoms. The van der Waals surface area contributed by atoms with Gasteiger partial charge < -0.3 is 10.6 Å². The van der Waals surface area contributed by atoms with E-state index in [1.165, 1.54) is 0 Å². The Morgan fingerprint density at radius 2 is 2.00 bits per heavy atom. The number of pyridine rings is 1. The molecule has 1 heterocycles. The molecule has 92 valence electrons. The minimum Gasteiger partial charge on any atom is -0.387 e. The molecule has 0 aliphatic carbocycles. The number of hydrogen-bond acceptors (Lipinski definition) is 3. The Morgan fingerprint density at radius 3 is 2.72 bits per heavy atom. The van der Waals surface area contributed by atoms with Crippen LogP contribution in [-0.4, -0.2) is 17.9 Å². The zero-order chi connectivity index (χ0) is 13.0. The predicted octanol–water partition coefficient (Wildman–Crippen LogP) is 2.68. The molecule has 0 spiro atoms. The largest absolute Gasteiger partial charge is 0.387 e. The maximum Gasteiger partial charge on any atom is 0.258 e. The average molecular weight is 241 g/mol. The number of hydrogen-bond donors (Lipinski definition) is 2. The summed E-state index contributed by atoms with van der Waals surface area (Å²) in [5.41, 5.74) is 2.45. The van der Waals surface area contributed by atoms with Gasteiger partial charge in [-0.15, -0.1) is 0 Å². The smallest absolute Gasteiger partial charge is 0.258 e. The Kier molecular flexibility index (Phi) is 3.57. The van der Waals surface area contributed by atoms with Gasteiger partial charge in [-0.1, -0.05) is 12.1 Å². The molecule has 0 aliphatic rings. The fraction of sp³-hybridized carbons (Fsp3) is 0.143. The van der Waals surface area contributed by atoms with Crippen LogP contribution in [0.2, 0.25) is 0 Å². The number of aromatic nitrogens is 1. The molecule has 0 unspecified atom stereocenters. The number of carbonyl (C=O) groups is 1. The van der Waals surface area contributed by atoms with Crippen molar-refractivity contribution in [3.8, 4) is 0 Å². The molecule has 2 N–H and O–H groups in total. The lowest BCUT2D eigenvalue weighted by Gasteiger charge is -2.09. The first-order valence-corrected chi connectivity index (χ1v) is 5.71. The minimum atomic E-state index is -0.168. The van der Waals surface area contributed by atoms with Gasteiger partial charge >= 0.3 is 0 Å². The summed E-state index contributed by atoms with van der Waals surface area (Å²) in [5.74, 6) is 0.393. The van der Waals surface area contributed by atoms with Gasteiger partial charge in [0, 0.05) is 18.9 Å². The summed E-state index contributed by atoms with van der Waals surface area (Å²) in [5, 5.41) is 5.78. The molecule has 1 amide bonds. The Balaban J connectivity index is 2.22. The normalized spacial score (nSPS) is 9.89. The van der Waals surface area contributed by atoms with E-state index in [1.54, 1.807) is 19.3 Å². The highest BCUT2D eigenvalue weighted by atomic mass is 16.1. The number of benzene rings is 1. The zero-order valence-electron chi connectivity index (χ0n) is 10.4. The predicted molar refractivity (Wildman–Crippen MR) is 72.9 cm³/mol. The summed E-state index contributed by atoms with van der Waals surface area (Å²) in [6, 6.07) is 11.1. The maximum absolute atomic E-state index is 12.1. The van der Waals surface area contributed by atoms with Gasteiger partial charge in [0.25, 0.3) is 5.91 Å². The van der Waals surface area contributed by atoms with Crippen LogP contribution in [-0.2, 0) is 0 Å². The second-order valence-corrected chi connectivity index (χ2v) is 3.97. The fourth-order valence-electron chi connectivity index (χ4n) is 1.69. The van der Waals surface area contributed by atoms with Gasteiger partial charge in [0.05, 0.1) is 5.56 Å². The number of para-hydroxylation sites is 1. The van der Waals surface area contributed by atoms with Gasteiger partial charge in [-0.25, -0.2) is 4.98 Å². The summed E-state index contributed by atoms with van der Waals surface area (Å²) in [6.07, 6.45) is 1.68. The van der Waals surface area contributed by atoms with E-state index < -0.39 is 0 Å². The van der Waals surface area contributed by atoms with E-state index in [4.69, 9.17) is 0 Å². The Bertz CT molecular complexity index is 566. The highest BCUT2D eigenvalue weighted by Gasteiger charge is 2.10. The SMILES string of the molecule is CNc1ccccc1C(=O)Nc1cc(C)ccn1. The lowest BCUT2D eigenvalue weighted by atomic mass is 10.1. The van der Waals surface area contributed by atoms with Gasteiger partial charge in [0.15, 0.2) is 0 Å². The molecule has 0 fully saturated rings. The highest BCUT2D eigenvalue weighted by Crippen LogP contribution is 2.16. The van der Waals surface area contributed by atoms with Crippen molar-refractivity contribution in [1.29, 1.82) is 0 Å². The summed E-state index contributed by atoms with van der Waals surface area (Å²) in [6.45, 7) is 1.96. The minimum absolute atomic E-state index is 0.168. The number of carbonyl (C=O) groups excluding carboxylic acids is 1. The number of aryl methyl sites for hydroxylation is 1. The van der Waals surface area contributed by atoms with E-state index in [1.807, 2.05) is 37.3 Å². The molecule has 1 aromatic carbocycles. The summed E-state index contributed by atoms with van der Waals surface area (Å²) < 4.78 is 0. The monoisotopic (exact) mass is 241 g/mol. The zero-order valence-corrected chi connectivity index (χ0v) is 10.4. The van der Waals surface area contributed by atoms with Crippen LogP contribution in [0.4, 0.5) is 11.5 Å². The van der Waals surface area contributed by atoms with Gasteiger partial charge in [-0.2, -0.15) is 0 Å². The van der Waals surface area contributed by atoms with E-state index in [0.29, 0.717) is 11.4 Å². The van der Waals surface area contributed by atoms with Crippen molar-refractivity contribution in [1.82, 2.24) is 4.98 Å². The van der Waals surface area contributed by atoms with E-state index in [-0.39, 0.29) is 5.91 Å². The first-order valence-electron chi connectivity index (χ1n) is 5.71. The standard InChI is InChI=1S/C14H15N3O/c1-10-7-8-16-13(9-10)17-14(18)11-5-3-4-6-12(11)15-2/h3-9,15H,1-2H3,(H,16,17,18). The van der Waals surface area contributed by atoms with Gasteiger partial charge in [-0.3, -0.25) is 4.79 Å². The molecule has 0 atom stereocenters. The summed E-state index contributed by atoms with van der Waals surface area (Å²) in [4.78, 5) is 16.2. The Hall–Kier alpha value is -2.36. The van der Waals surface area contributed by atoms with E-state index in [0.717, 1.165) is 11.3 Å². The van der Waals surface area contributed by atoms with Crippen molar-refractivity contribution >= 4 is 17.4 Å². The second-order valence-electron chi connectivity index (χ2n) is 3.97. The van der Waals surface area contributed by atoms with Crippen LogP contribution in [0.5, 0.6) is 0 Å². The number of anilines is 2. The molecule has 4 heteroatoms. The molecule has 0 radical (unpaired) electrons. The van der Waals surface area contributed by atoms with E-state index in [2.05, 4.69) is 15.6 Å². The van der Waals surface area contributed by atoms with Crippen LogP contribution in [0.25, 0.3) is 0 Å². The maximum atomic E-state index is 12.1. The molecule has 4 nitrogen and oxygen atoms in total. The Labute approximate surface area is 106 Å².